The molecule has 1 aliphatic carbocycles. The number of hydrogen-bond acceptors (Lipinski definition) is 7. The fraction of sp³-hybridized carbons (Fsp3) is 0.500. The highest BCUT2D eigenvalue weighted by molar-refractivity contribution is 5.88. The van der Waals surface area contributed by atoms with Crippen LogP contribution in [0, 0.1) is 0 Å². The zero-order valence-electron chi connectivity index (χ0n) is 13.6. The molecule has 1 fully saturated rings. The number of ether oxygens (including phenoxy) is 1. The lowest BCUT2D eigenvalue weighted by molar-refractivity contribution is 0.0594. The van der Waals surface area contributed by atoms with Crippen LogP contribution in [-0.2, 0) is 17.6 Å². The average molecular weight is 328 g/mol. The number of nitrogens with zero attached hydrogens (tertiary/aromatic N) is 4. The van der Waals surface area contributed by atoms with E-state index in [4.69, 9.17) is 10.5 Å². The molecular weight excluding hydrogens is 308 g/mol. The SMILES string of the molecule is COC(=O)c1cc(N)nc(N2CCc3[nH]nc(C4CC4)c3CC2)n1. The number of rotatable bonds is 3. The molecule has 3 heterocycles. The van der Waals surface area contributed by atoms with Crippen molar-refractivity contribution in [2.24, 2.45) is 0 Å². The molecule has 4 rings (SSSR count). The first-order valence-corrected chi connectivity index (χ1v) is 8.19. The Hall–Kier alpha value is -2.64. The largest absolute Gasteiger partial charge is 0.464 e. The highest BCUT2D eigenvalue weighted by Gasteiger charge is 2.31. The van der Waals surface area contributed by atoms with E-state index in [1.54, 1.807) is 0 Å². The van der Waals surface area contributed by atoms with Crippen LogP contribution in [0.5, 0.6) is 0 Å². The zero-order valence-corrected chi connectivity index (χ0v) is 13.6. The van der Waals surface area contributed by atoms with Crippen LogP contribution >= 0.6 is 0 Å². The van der Waals surface area contributed by atoms with Crippen LogP contribution in [0.3, 0.4) is 0 Å². The van der Waals surface area contributed by atoms with Gasteiger partial charge in [-0.2, -0.15) is 10.1 Å². The molecule has 24 heavy (non-hydrogen) atoms. The summed E-state index contributed by atoms with van der Waals surface area (Å²) in [6.45, 7) is 1.53. The van der Waals surface area contributed by atoms with Crippen molar-refractivity contribution in [2.45, 2.75) is 31.6 Å². The number of aromatic nitrogens is 4. The van der Waals surface area contributed by atoms with Crippen molar-refractivity contribution in [3.05, 3.63) is 28.7 Å². The molecule has 0 unspecified atom stereocenters. The van der Waals surface area contributed by atoms with Gasteiger partial charge in [0, 0.05) is 37.2 Å². The Kier molecular flexibility index (Phi) is 3.59. The molecule has 3 N–H and O–H groups in total. The van der Waals surface area contributed by atoms with Crippen molar-refractivity contribution in [2.75, 3.05) is 30.8 Å². The molecular formula is C16H20N6O2. The fourth-order valence-corrected chi connectivity index (χ4v) is 3.21. The number of fused-ring (bicyclic) bond motifs is 1. The van der Waals surface area contributed by atoms with Crippen molar-refractivity contribution >= 4 is 17.7 Å². The van der Waals surface area contributed by atoms with E-state index in [1.165, 1.54) is 43.0 Å². The highest BCUT2D eigenvalue weighted by Crippen LogP contribution is 2.41. The van der Waals surface area contributed by atoms with Gasteiger partial charge < -0.3 is 15.4 Å². The highest BCUT2D eigenvalue weighted by atomic mass is 16.5. The normalized spacial score (nSPS) is 17.3. The molecule has 2 aromatic rings. The maximum atomic E-state index is 11.7. The second-order valence-corrected chi connectivity index (χ2v) is 6.30. The molecule has 0 radical (unpaired) electrons. The number of nitrogen functional groups attached to an aromatic ring is 1. The van der Waals surface area contributed by atoms with E-state index in [-0.39, 0.29) is 11.5 Å². The number of H-pyrrole nitrogens is 1. The summed E-state index contributed by atoms with van der Waals surface area (Å²) in [5.74, 6) is 0.863. The third kappa shape index (κ3) is 2.68. The standard InChI is InChI=1S/C16H20N6O2/c1-24-15(23)12-8-13(17)19-16(18-12)22-6-4-10-11(5-7-22)20-21-14(10)9-2-3-9/h8-9H,2-7H2,1H3,(H,20,21)(H2,17,18,19). The lowest BCUT2D eigenvalue weighted by atomic mass is 10.1. The summed E-state index contributed by atoms with van der Waals surface area (Å²) < 4.78 is 4.73. The predicted molar refractivity (Wildman–Crippen MR) is 88.0 cm³/mol. The topological polar surface area (TPSA) is 110 Å². The van der Waals surface area contributed by atoms with Crippen molar-refractivity contribution in [1.82, 2.24) is 20.2 Å². The Balaban J connectivity index is 1.58. The summed E-state index contributed by atoms with van der Waals surface area (Å²) in [6.07, 6.45) is 4.22. The van der Waals surface area contributed by atoms with E-state index in [1.807, 2.05) is 0 Å². The zero-order chi connectivity index (χ0) is 16.7. The molecule has 126 valence electrons. The molecule has 8 heteroatoms. The van der Waals surface area contributed by atoms with Crippen LogP contribution in [0.2, 0.25) is 0 Å². The maximum absolute atomic E-state index is 11.7. The third-order valence-electron chi connectivity index (χ3n) is 4.62. The van der Waals surface area contributed by atoms with Crippen molar-refractivity contribution in [3.63, 3.8) is 0 Å². The van der Waals surface area contributed by atoms with E-state index in [0.29, 0.717) is 11.9 Å². The molecule has 2 aliphatic rings. The molecule has 0 saturated heterocycles. The van der Waals surface area contributed by atoms with Gasteiger partial charge in [-0.25, -0.2) is 9.78 Å². The minimum atomic E-state index is -0.509. The van der Waals surface area contributed by atoms with E-state index >= 15 is 0 Å². The Morgan fingerprint density at radius 3 is 2.88 bits per heavy atom. The Bertz CT molecular complexity index is 783. The second-order valence-electron chi connectivity index (χ2n) is 6.30. The number of nitrogens with one attached hydrogen (secondary N) is 1. The number of carbonyl (C=O) groups is 1. The Labute approximate surface area is 139 Å². The van der Waals surface area contributed by atoms with Gasteiger partial charge in [-0.15, -0.1) is 0 Å². The van der Waals surface area contributed by atoms with Gasteiger partial charge in [-0.1, -0.05) is 0 Å². The van der Waals surface area contributed by atoms with Crippen molar-refractivity contribution in [3.8, 4) is 0 Å². The van der Waals surface area contributed by atoms with E-state index in [9.17, 15) is 4.79 Å². The van der Waals surface area contributed by atoms with Gasteiger partial charge in [-0.3, -0.25) is 5.10 Å². The summed E-state index contributed by atoms with van der Waals surface area (Å²) in [6, 6.07) is 1.44. The quantitative estimate of drug-likeness (QED) is 0.810. The van der Waals surface area contributed by atoms with Crippen LogP contribution in [0.25, 0.3) is 0 Å². The van der Waals surface area contributed by atoms with Crippen LogP contribution in [0.4, 0.5) is 11.8 Å². The van der Waals surface area contributed by atoms with Gasteiger partial charge in [0.25, 0.3) is 0 Å². The Morgan fingerprint density at radius 1 is 1.33 bits per heavy atom. The third-order valence-corrected chi connectivity index (χ3v) is 4.62. The summed E-state index contributed by atoms with van der Waals surface area (Å²) in [5.41, 5.74) is 9.80. The van der Waals surface area contributed by atoms with Gasteiger partial charge in [0.2, 0.25) is 5.95 Å². The first-order chi connectivity index (χ1) is 11.7. The van der Waals surface area contributed by atoms with Crippen LogP contribution in [0.15, 0.2) is 6.07 Å². The van der Waals surface area contributed by atoms with Gasteiger partial charge >= 0.3 is 5.97 Å². The van der Waals surface area contributed by atoms with Gasteiger partial charge in [0.05, 0.1) is 12.8 Å². The van der Waals surface area contributed by atoms with Gasteiger partial charge in [0.15, 0.2) is 5.69 Å². The van der Waals surface area contributed by atoms with Crippen LogP contribution in [0.1, 0.15) is 46.2 Å². The number of methoxy groups -OCH3 is 1. The fourth-order valence-electron chi connectivity index (χ4n) is 3.21. The number of carbonyl (C=O) groups excluding carboxylic acids is 1. The molecule has 8 nitrogen and oxygen atoms in total. The Morgan fingerprint density at radius 2 is 2.12 bits per heavy atom. The van der Waals surface area contributed by atoms with Crippen LogP contribution in [-0.4, -0.2) is 46.3 Å². The number of aromatic amines is 1. The molecule has 0 aromatic carbocycles. The number of hydrogen-bond donors (Lipinski definition) is 2. The molecule has 0 spiro atoms. The molecule has 1 aliphatic heterocycles. The molecule has 2 aromatic heterocycles. The second kappa shape index (κ2) is 5.77. The number of esters is 1. The minimum absolute atomic E-state index is 0.183. The first kappa shape index (κ1) is 14.9. The molecule has 0 atom stereocenters. The lowest BCUT2D eigenvalue weighted by Gasteiger charge is -2.20. The van der Waals surface area contributed by atoms with E-state index in [0.717, 1.165) is 25.9 Å². The summed E-state index contributed by atoms with van der Waals surface area (Å²) >= 11 is 0. The van der Waals surface area contributed by atoms with Crippen LogP contribution < -0.4 is 10.6 Å². The molecule has 0 amide bonds. The van der Waals surface area contributed by atoms with Gasteiger partial charge in [-0.05, 0) is 24.8 Å². The summed E-state index contributed by atoms with van der Waals surface area (Å²) in [5, 5.41) is 7.70. The number of anilines is 2. The van der Waals surface area contributed by atoms with Crippen molar-refractivity contribution in [1.29, 1.82) is 0 Å². The molecule has 1 saturated carbocycles. The lowest BCUT2D eigenvalue weighted by Crippen LogP contribution is -2.29. The average Bonchev–Trinajstić information content (AvgIpc) is 3.38. The maximum Gasteiger partial charge on any atom is 0.356 e. The monoisotopic (exact) mass is 328 g/mol. The first-order valence-electron chi connectivity index (χ1n) is 8.19. The summed E-state index contributed by atoms with van der Waals surface area (Å²) in [4.78, 5) is 22.4. The van der Waals surface area contributed by atoms with E-state index < -0.39 is 5.97 Å². The van der Waals surface area contributed by atoms with Gasteiger partial charge in [0.1, 0.15) is 5.82 Å². The summed E-state index contributed by atoms with van der Waals surface area (Å²) in [7, 11) is 1.32. The van der Waals surface area contributed by atoms with Crippen molar-refractivity contribution < 1.29 is 9.53 Å². The minimum Gasteiger partial charge on any atom is -0.464 e. The van der Waals surface area contributed by atoms with E-state index in [2.05, 4.69) is 25.1 Å². The smallest absolute Gasteiger partial charge is 0.356 e. The molecule has 0 bridgehead atoms. The predicted octanol–water partition coefficient (Wildman–Crippen LogP) is 1.05. The number of nitrogens with two attached hydrogens (primary N) is 1.